The Balaban J connectivity index is 2.68. The lowest BCUT2D eigenvalue weighted by atomic mass is 10.0. The average molecular weight is 234 g/mol. The second kappa shape index (κ2) is 4.01. The summed E-state index contributed by atoms with van der Waals surface area (Å²) in [4.78, 5) is 11.0. The van der Waals surface area contributed by atoms with E-state index < -0.39 is 11.8 Å². The van der Waals surface area contributed by atoms with Crippen molar-refractivity contribution in [2.45, 2.75) is 6.92 Å². The number of hydrogen-bond acceptors (Lipinski definition) is 2. The van der Waals surface area contributed by atoms with Crippen LogP contribution in [0, 0.1) is 12.7 Å². The van der Waals surface area contributed by atoms with Gasteiger partial charge in [0.15, 0.2) is 5.69 Å². The second-order valence-corrected chi connectivity index (χ2v) is 3.81. The molecule has 4 nitrogen and oxygen atoms in total. The average Bonchev–Trinajstić information content (AvgIpc) is 2.64. The fourth-order valence-electron chi connectivity index (χ4n) is 1.70. The Bertz CT molecular complexity index is 590. The molecule has 2 aromatic rings. The van der Waals surface area contributed by atoms with Gasteiger partial charge in [-0.05, 0) is 12.5 Å². The third kappa shape index (κ3) is 1.91. The number of nitrogens with zero attached hydrogens (tertiary/aromatic N) is 2. The van der Waals surface area contributed by atoms with Gasteiger partial charge in [0.1, 0.15) is 5.82 Å². The highest BCUT2D eigenvalue weighted by Gasteiger charge is 2.19. The van der Waals surface area contributed by atoms with Crippen molar-refractivity contribution in [1.29, 1.82) is 0 Å². The van der Waals surface area contributed by atoms with Crippen LogP contribution in [0.2, 0.25) is 0 Å². The third-order valence-electron chi connectivity index (χ3n) is 2.51. The molecule has 0 saturated heterocycles. The number of aryl methyl sites for hydroxylation is 2. The molecule has 0 aliphatic heterocycles. The van der Waals surface area contributed by atoms with Crippen LogP contribution in [0.4, 0.5) is 4.39 Å². The summed E-state index contributed by atoms with van der Waals surface area (Å²) in [5.74, 6) is -1.58. The number of halogens is 1. The maximum absolute atomic E-state index is 13.9. The summed E-state index contributed by atoms with van der Waals surface area (Å²) in [6, 6.07) is 4.87. The summed E-state index contributed by atoms with van der Waals surface area (Å²) in [5, 5.41) is 12.8. The standard InChI is InChI=1S/C12H11FN2O2/c1-7-4-3-5-8(10(7)13)9-6-15(2)14-11(9)12(16)17/h3-6H,1-2H3,(H,16,17). The molecule has 0 spiro atoms. The van der Waals surface area contributed by atoms with Crippen LogP contribution in [0.25, 0.3) is 11.1 Å². The van der Waals surface area contributed by atoms with Gasteiger partial charge < -0.3 is 5.11 Å². The van der Waals surface area contributed by atoms with Gasteiger partial charge in [-0.15, -0.1) is 0 Å². The van der Waals surface area contributed by atoms with E-state index in [4.69, 9.17) is 5.11 Å². The van der Waals surface area contributed by atoms with Gasteiger partial charge in [-0.2, -0.15) is 5.10 Å². The van der Waals surface area contributed by atoms with Gasteiger partial charge in [-0.1, -0.05) is 18.2 Å². The molecule has 0 saturated carbocycles. The number of rotatable bonds is 2. The number of carboxylic acid groups (broad SMARTS) is 1. The summed E-state index contributed by atoms with van der Waals surface area (Å²) in [6.07, 6.45) is 1.50. The molecule has 0 unspecified atom stereocenters. The van der Waals surface area contributed by atoms with Crippen molar-refractivity contribution in [3.05, 3.63) is 41.5 Å². The Kier molecular flexibility index (Phi) is 2.67. The van der Waals surface area contributed by atoms with Gasteiger partial charge in [-0.3, -0.25) is 4.68 Å². The maximum Gasteiger partial charge on any atom is 0.357 e. The molecule has 0 aliphatic rings. The first-order chi connectivity index (χ1) is 8.00. The molecule has 1 N–H and O–H groups in total. The molecule has 5 heteroatoms. The zero-order valence-electron chi connectivity index (χ0n) is 9.44. The van der Waals surface area contributed by atoms with E-state index >= 15 is 0 Å². The first kappa shape index (κ1) is 11.3. The van der Waals surface area contributed by atoms with Crippen molar-refractivity contribution in [3.63, 3.8) is 0 Å². The number of hydrogen-bond donors (Lipinski definition) is 1. The summed E-state index contributed by atoms with van der Waals surface area (Å²) in [6.45, 7) is 1.63. The van der Waals surface area contributed by atoms with Crippen molar-refractivity contribution in [3.8, 4) is 11.1 Å². The van der Waals surface area contributed by atoms with E-state index in [2.05, 4.69) is 5.10 Å². The molecule has 0 radical (unpaired) electrons. The Labute approximate surface area is 97.3 Å². The van der Waals surface area contributed by atoms with E-state index in [1.54, 1.807) is 32.2 Å². The normalized spacial score (nSPS) is 10.5. The van der Waals surface area contributed by atoms with Crippen molar-refractivity contribution in [1.82, 2.24) is 9.78 Å². The summed E-state index contributed by atoms with van der Waals surface area (Å²) < 4.78 is 15.3. The van der Waals surface area contributed by atoms with E-state index in [0.717, 1.165) is 0 Å². The first-order valence-corrected chi connectivity index (χ1v) is 5.03. The van der Waals surface area contributed by atoms with Gasteiger partial charge in [0.2, 0.25) is 0 Å². The highest BCUT2D eigenvalue weighted by atomic mass is 19.1. The van der Waals surface area contributed by atoms with E-state index in [-0.39, 0.29) is 11.3 Å². The molecule has 0 amide bonds. The van der Waals surface area contributed by atoms with Crippen LogP contribution < -0.4 is 0 Å². The zero-order chi connectivity index (χ0) is 12.6. The van der Waals surface area contributed by atoms with Crippen molar-refractivity contribution < 1.29 is 14.3 Å². The second-order valence-electron chi connectivity index (χ2n) is 3.81. The van der Waals surface area contributed by atoms with Crippen LogP contribution in [0.5, 0.6) is 0 Å². The molecule has 1 aromatic heterocycles. The third-order valence-corrected chi connectivity index (χ3v) is 2.51. The first-order valence-electron chi connectivity index (χ1n) is 5.03. The number of carbonyl (C=O) groups is 1. The maximum atomic E-state index is 13.9. The number of aromatic nitrogens is 2. The van der Waals surface area contributed by atoms with E-state index in [1.165, 1.54) is 10.9 Å². The quantitative estimate of drug-likeness (QED) is 0.866. The lowest BCUT2D eigenvalue weighted by Crippen LogP contribution is -2.01. The van der Waals surface area contributed by atoms with Gasteiger partial charge in [-0.25, -0.2) is 9.18 Å². The van der Waals surface area contributed by atoms with Crippen LogP contribution >= 0.6 is 0 Å². The Morgan fingerprint density at radius 1 is 1.41 bits per heavy atom. The minimum atomic E-state index is -1.17. The summed E-state index contributed by atoms with van der Waals surface area (Å²) >= 11 is 0. The van der Waals surface area contributed by atoms with Crippen molar-refractivity contribution in [2.75, 3.05) is 0 Å². The highest BCUT2D eigenvalue weighted by molar-refractivity contribution is 5.93. The molecule has 1 aromatic carbocycles. The van der Waals surface area contributed by atoms with Gasteiger partial charge in [0.25, 0.3) is 0 Å². The molecule has 0 atom stereocenters. The van der Waals surface area contributed by atoms with E-state index in [0.29, 0.717) is 11.1 Å². The Morgan fingerprint density at radius 3 is 2.76 bits per heavy atom. The van der Waals surface area contributed by atoms with Crippen molar-refractivity contribution >= 4 is 5.97 Å². The fourth-order valence-corrected chi connectivity index (χ4v) is 1.70. The van der Waals surface area contributed by atoms with Gasteiger partial charge >= 0.3 is 5.97 Å². The predicted molar refractivity (Wildman–Crippen MR) is 60.3 cm³/mol. The molecule has 2 rings (SSSR count). The Hall–Kier alpha value is -2.17. The molecule has 88 valence electrons. The lowest BCUT2D eigenvalue weighted by Gasteiger charge is -2.03. The van der Waals surface area contributed by atoms with Crippen LogP contribution in [0.1, 0.15) is 16.1 Å². The molecular formula is C12H11FN2O2. The molecule has 0 fully saturated rings. The minimum absolute atomic E-state index is 0.142. The fraction of sp³-hybridized carbons (Fsp3) is 0.167. The van der Waals surface area contributed by atoms with Crippen LogP contribution in [-0.4, -0.2) is 20.9 Å². The predicted octanol–water partition coefficient (Wildman–Crippen LogP) is 2.23. The van der Waals surface area contributed by atoms with Crippen LogP contribution in [0.3, 0.4) is 0 Å². The summed E-state index contributed by atoms with van der Waals surface area (Å²) in [5.41, 5.74) is 0.886. The van der Waals surface area contributed by atoms with Crippen molar-refractivity contribution in [2.24, 2.45) is 7.05 Å². The smallest absolute Gasteiger partial charge is 0.357 e. The van der Waals surface area contributed by atoms with Crippen LogP contribution in [-0.2, 0) is 7.05 Å². The molecule has 0 aliphatic carbocycles. The monoisotopic (exact) mass is 234 g/mol. The largest absolute Gasteiger partial charge is 0.476 e. The molecule has 17 heavy (non-hydrogen) atoms. The zero-order valence-corrected chi connectivity index (χ0v) is 9.44. The molecular weight excluding hydrogens is 223 g/mol. The topological polar surface area (TPSA) is 55.1 Å². The molecule has 0 bridgehead atoms. The SMILES string of the molecule is Cc1cccc(-c2cn(C)nc2C(=O)O)c1F. The minimum Gasteiger partial charge on any atom is -0.476 e. The number of aromatic carboxylic acids is 1. The summed E-state index contributed by atoms with van der Waals surface area (Å²) in [7, 11) is 1.60. The van der Waals surface area contributed by atoms with Gasteiger partial charge in [0, 0.05) is 24.4 Å². The van der Waals surface area contributed by atoms with E-state index in [1.807, 2.05) is 0 Å². The van der Waals surface area contributed by atoms with Crippen LogP contribution in [0.15, 0.2) is 24.4 Å². The van der Waals surface area contributed by atoms with Gasteiger partial charge in [0.05, 0.1) is 0 Å². The molecule has 1 heterocycles. The van der Waals surface area contributed by atoms with E-state index in [9.17, 15) is 9.18 Å². The lowest BCUT2D eigenvalue weighted by molar-refractivity contribution is 0.0690. The number of carboxylic acids is 1. The number of benzene rings is 1. The Morgan fingerprint density at radius 2 is 2.12 bits per heavy atom. The highest BCUT2D eigenvalue weighted by Crippen LogP contribution is 2.27.